The first-order chi connectivity index (χ1) is 9.32. The molecule has 1 aromatic heterocycles. The van der Waals surface area contributed by atoms with Crippen LogP contribution in [0.5, 0.6) is 0 Å². The van der Waals surface area contributed by atoms with Crippen LogP contribution in [-0.4, -0.2) is 23.6 Å². The first kappa shape index (κ1) is 15.1. The van der Waals surface area contributed by atoms with Crippen molar-refractivity contribution in [2.45, 2.75) is 53.4 Å². The average molecular weight is 276 g/mol. The first-order valence-corrected chi connectivity index (χ1v) is 7.63. The van der Waals surface area contributed by atoms with E-state index in [0.717, 1.165) is 29.6 Å². The van der Waals surface area contributed by atoms with Crippen molar-refractivity contribution >= 4 is 11.6 Å². The lowest BCUT2D eigenvalue weighted by Gasteiger charge is -2.28. The highest BCUT2D eigenvalue weighted by Gasteiger charge is 2.28. The van der Waals surface area contributed by atoms with Crippen molar-refractivity contribution < 1.29 is 0 Å². The van der Waals surface area contributed by atoms with Gasteiger partial charge in [0.25, 0.3) is 0 Å². The predicted octanol–water partition coefficient (Wildman–Crippen LogP) is 3.80. The molecule has 0 spiro atoms. The maximum Gasteiger partial charge on any atom is 0.136 e. The molecule has 2 rings (SSSR count). The molecule has 1 saturated carbocycles. The van der Waals surface area contributed by atoms with E-state index in [0.29, 0.717) is 17.3 Å². The summed E-state index contributed by atoms with van der Waals surface area (Å²) < 4.78 is 0. The number of rotatable bonds is 5. The predicted molar refractivity (Wildman–Crippen MR) is 85.4 cm³/mol. The van der Waals surface area contributed by atoms with Crippen molar-refractivity contribution in [2.24, 2.45) is 11.3 Å². The summed E-state index contributed by atoms with van der Waals surface area (Å²) in [7, 11) is 1.92. The Morgan fingerprint density at radius 2 is 1.80 bits per heavy atom. The number of hydrogen-bond donors (Lipinski definition) is 2. The summed E-state index contributed by atoms with van der Waals surface area (Å²) in [4.78, 5) is 9.36. The van der Waals surface area contributed by atoms with Crippen molar-refractivity contribution in [3.8, 4) is 0 Å². The van der Waals surface area contributed by atoms with Crippen LogP contribution >= 0.6 is 0 Å². The van der Waals surface area contributed by atoms with E-state index >= 15 is 0 Å². The lowest BCUT2D eigenvalue weighted by molar-refractivity contribution is 0.274. The molecule has 0 saturated heterocycles. The van der Waals surface area contributed by atoms with Crippen LogP contribution in [0.1, 0.15) is 57.8 Å². The normalized spacial score (nSPS) is 16.9. The van der Waals surface area contributed by atoms with Crippen LogP contribution in [0.3, 0.4) is 0 Å². The molecule has 0 aromatic carbocycles. The van der Waals surface area contributed by atoms with Gasteiger partial charge in [-0.2, -0.15) is 0 Å². The molecule has 0 amide bonds. The Morgan fingerprint density at radius 1 is 1.20 bits per heavy atom. The highest BCUT2D eigenvalue weighted by molar-refractivity contribution is 5.57. The molecule has 0 bridgehead atoms. The van der Waals surface area contributed by atoms with Gasteiger partial charge in [-0.1, -0.05) is 27.7 Å². The standard InChI is InChI=1S/C16H28N4/c1-10(16(3,4)5)9-18-14-11(2)13(17-6)19-15(20-14)12-7-8-12/h10,12H,7-9H2,1-6H3,(H2,17,18,19,20). The van der Waals surface area contributed by atoms with Gasteiger partial charge in [-0.25, -0.2) is 9.97 Å². The van der Waals surface area contributed by atoms with E-state index in [1.807, 2.05) is 7.05 Å². The van der Waals surface area contributed by atoms with Gasteiger partial charge in [0.15, 0.2) is 0 Å². The molecule has 4 heteroatoms. The summed E-state index contributed by atoms with van der Waals surface area (Å²) in [5.41, 5.74) is 1.41. The van der Waals surface area contributed by atoms with Gasteiger partial charge in [0.05, 0.1) is 0 Å². The zero-order chi connectivity index (χ0) is 14.9. The molecule has 1 atom stereocenters. The topological polar surface area (TPSA) is 49.8 Å². The van der Waals surface area contributed by atoms with E-state index in [-0.39, 0.29) is 0 Å². The molecular formula is C16H28N4. The number of anilines is 2. The van der Waals surface area contributed by atoms with E-state index in [1.165, 1.54) is 12.8 Å². The smallest absolute Gasteiger partial charge is 0.136 e. The first-order valence-electron chi connectivity index (χ1n) is 7.63. The highest BCUT2D eigenvalue weighted by Crippen LogP contribution is 2.39. The van der Waals surface area contributed by atoms with E-state index in [9.17, 15) is 0 Å². The molecule has 1 aromatic rings. The Balaban J connectivity index is 2.15. The minimum absolute atomic E-state index is 0.305. The second-order valence-corrected chi connectivity index (χ2v) is 7.08. The van der Waals surface area contributed by atoms with Crippen molar-refractivity contribution in [1.82, 2.24) is 9.97 Å². The monoisotopic (exact) mass is 276 g/mol. The van der Waals surface area contributed by atoms with Crippen molar-refractivity contribution in [3.05, 3.63) is 11.4 Å². The minimum atomic E-state index is 0.305. The Bertz CT molecular complexity index is 472. The maximum atomic E-state index is 4.73. The molecule has 112 valence electrons. The zero-order valence-electron chi connectivity index (χ0n) is 13.7. The molecule has 1 aliphatic carbocycles. The second kappa shape index (κ2) is 5.58. The lowest BCUT2D eigenvalue weighted by Crippen LogP contribution is -2.25. The fraction of sp³-hybridized carbons (Fsp3) is 0.750. The van der Waals surface area contributed by atoms with Gasteiger partial charge >= 0.3 is 0 Å². The van der Waals surface area contributed by atoms with Crippen LogP contribution in [0.2, 0.25) is 0 Å². The third kappa shape index (κ3) is 3.41. The maximum absolute atomic E-state index is 4.73. The molecule has 4 nitrogen and oxygen atoms in total. The van der Waals surface area contributed by atoms with Gasteiger partial charge < -0.3 is 10.6 Å². The molecule has 1 heterocycles. The van der Waals surface area contributed by atoms with E-state index in [2.05, 4.69) is 50.2 Å². The molecule has 1 aliphatic rings. The third-order valence-corrected chi connectivity index (χ3v) is 4.40. The average Bonchev–Trinajstić information content (AvgIpc) is 3.20. The van der Waals surface area contributed by atoms with Gasteiger partial charge in [0.1, 0.15) is 17.5 Å². The number of nitrogens with one attached hydrogen (secondary N) is 2. The van der Waals surface area contributed by atoms with E-state index in [4.69, 9.17) is 4.98 Å². The lowest BCUT2D eigenvalue weighted by atomic mass is 9.82. The summed E-state index contributed by atoms with van der Waals surface area (Å²) in [6.07, 6.45) is 2.45. The Morgan fingerprint density at radius 3 is 2.30 bits per heavy atom. The van der Waals surface area contributed by atoms with Crippen LogP contribution in [-0.2, 0) is 0 Å². The van der Waals surface area contributed by atoms with Crippen LogP contribution < -0.4 is 10.6 Å². The minimum Gasteiger partial charge on any atom is -0.373 e. The summed E-state index contributed by atoms with van der Waals surface area (Å²) in [6, 6.07) is 0. The number of aromatic nitrogens is 2. The Kier molecular flexibility index (Phi) is 4.21. The molecule has 1 unspecified atom stereocenters. The zero-order valence-corrected chi connectivity index (χ0v) is 13.7. The van der Waals surface area contributed by atoms with Crippen molar-refractivity contribution in [1.29, 1.82) is 0 Å². The van der Waals surface area contributed by atoms with E-state index < -0.39 is 0 Å². The third-order valence-electron chi connectivity index (χ3n) is 4.40. The quantitative estimate of drug-likeness (QED) is 0.859. The van der Waals surface area contributed by atoms with Crippen molar-refractivity contribution in [3.63, 3.8) is 0 Å². The highest BCUT2D eigenvalue weighted by atomic mass is 15.1. The van der Waals surface area contributed by atoms with Gasteiger partial charge in [-0.15, -0.1) is 0 Å². The molecule has 0 radical (unpaired) electrons. The summed E-state index contributed by atoms with van der Waals surface area (Å²) in [6.45, 7) is 12.1. The Labute approximate surface area is 122 Å². The number of hydrogen-bond acceptors (Lipinski definition) is 4. The van der Waals surface area contributed by atoms with Gasteiger partial charge in [-0.3, -0.25) is 0 Å². The molecule has 1 fully saturated rings. The van der Waals surface area contributed by atoms with Gasteiger partial charge in [-0.05, 0) is 31.1 Å². The molecule has 0 aliphatic heterocycles. The molecule has 2 N–H and O–H groups in total. The van der Waals surface area contributed by atoms with Gasteiger partial charge in [0, 0.05) is 25.1 Å². The van der Waals surface area contributed by atoms with Crippen LogP contribution in [0.4, 0.5) is 11.6 Å². The fourth-order valence-corrected chi connectivity index (χ4v) is 2.03. The van der Waals surface area contributed by atoms with Crippen LogP contribution in [0.15, 0.2) is 0 Å². The number of nitrogens with zero attached hydrogens (tertiary/aromatic N) is 2. The molecular weight excluding hydrogens is 248 g/mol. The SMILES string of the molecule is CNc1nc(C2CC2)nc(NCC(C)C(C)(C)C)c1C. The van der Waals surface area contributed by atoms with Crippen molar-refractivity contribution in [2.75, 3.05) is 24.2 Å². The second-order valence-electron chi connectivity index (χ2n) is 7.08. The summed E-state index contributed by atoms with van der Waals surface area (Å²) >= 11 is 0. The van der Waals surface area contributed by atoms with Gasteiger partial charge in [0.2, 0.25) is 0 Å². The largest absolute Gasteiger partial charge is 0.373 e. The Hall–Kier alpha value is -1.32. The molecule has 20 heavy (non-hydrogen) atoms. The fourth-order valence-electron chi connectivity index (χ4n) is 2.03. The summed E-state index contributed by atoms with van der Waals surface area (Å²) in [5.74, 6) is 4.09. The van der Waals surface area contributed by atoms with Crippen LogP contribution in [0, 0.1) is 18.3 Å². The summed E-state index contributed by atoms with van der Waals surface area (Å²) in [5, 5.41) is 6.71. The van der Waals surface area contributed by atoms with Crippen LogP contribution in [0.25, 0.3) is 0 Å². The van der Waals surface area contributed by atoms with E-state index in [1.54, 1.807) is 0 Å².